The van der Waals surface area contributed by atoms with Crippen molar-refractivity contribution in [2.24, 2.45) is 11.7 Å². The third-order valence-corrected chi connectivity index (χ3v) is 3.29. The van der Waals surface area contributed by atoms with E-state index < -0.39 is 6.04 Å². The van der Waals surface area contributed by atoms with Crippen LogP contribution in [0, 0.1) is 5.92 Å². The summed E-state index contributed by atoms with van der Waals surface area (Å²) < 4.78 is 0. The second-order valence-electron chi connectivity index (χ2n) is 4.74. The Balaban J connectivity index is 0.00000289. The zero-order valence-electron chi connectivity index (χ0n) is 11.1. The number of likely N-dealkylation sites (N-methyl/N-ethyl adjacent to an activating group) is 1. The van der Waals surface area contributed by atoms with E-state index in [1.807, 2.05) is 6.92 Å². The Morgan fingerprint density at radius 2 is 2.06 bits per heavy atom. The molecule has 1 saturated carbocycles. The van der Waals surface area contributed by atoms with Crippen LogP contribution in [0.3, 0.4) is 0 Å². The Bertz CT molecular complexity index is 286. The molecular formula is C12H24ClN3O2. The maximum absolute atomic E-state index is 11.7. The molecule has 106 valence electrons. The van der Waals surface area contributed by atoms with E-state index in [0.29, 0.717) is 13.0 Å². The van der Waals surface area contributed by atoms with Crippen LogP contribution < -0.4 is 16.4 Å². The predicted octanol–water partition coefficient (Wildman–Crippen LogP) is 0.566. The molecule has 0 saturated heterocycles. The fourth-order valence-corrected chi connectivity index (χ4v) is 2.25. The number of carbonyl (C=O) groups excluding carboxylic acids is 2. The van der Waals surface area contributed by atoms with Gasteiger partial charge in [0.05, 0.1) is 0 Å². The highest BCUT2D eigenvalue weighted by Gasteiger charge is 2.26. The van der Waals surface area contributed by atoms with Crippen molar-refractivity contribution in [1.29, 1.82) is 0 Å². The molecular weight excluding hydrogens is 254 g/mol. The average molecular weight is 278 g/mol. The van der Waals surface area contributed by atoms with Crippen LogP contribution in [-0.2, 0) is 9.59 Å². The number of hydrogen-bond donors (Lipinski definition) is 3. The lowest BCUT2D eigenvalue weighted by Crippen LogP contribution is -2.45. The van der Waals surface area contributed by atoms with E-state index >= 15 is 0 Å². The van der Waals surface area contributed by atoms with Crippen LogP contribution in [0.15, 0.2) is 0 Å². The van der Waals surface area contributed by atoms with Gasteiger partial charge in [-0.25, -0.2) is 0 Å². The van der Waals surface area contributed by atoms with Gasteiger partial charge in [-0.05, 0) is 32.6 Å². The summed E-state index contributed by atoms with van der Waals surface area (Å²) in [7, 11) is 0. The van der Waals surface area contributed by atoms with Crippen molar-refractivity contribution >= 4 is 24.2 Å². The standard InChI is InChI=1S/C12H23N3O2.ClH/c1-3-14-12(17)8(2)15-11(16)7-9-5-4-6-10(9)13;/h8-10H,3-7,13H2,1-2H3,(H,14,17)(H,15,16);1H/t8?,9-,10+;/m0./s1. The smallest absolute Gasteiger partial charge is 0.242 e. The summed E-state index contributed by atoms with van der Waals surface area (Å²) >= 11 is 0. The van der Waals surface area contributed by atoms with Crippen LogP contribution >= 0.6 is 12.4 Å². The summed E-state index contributed by atoms with van der Waals surface area (Å²) in [5, 5.41) is 5.38. The Morgan fingerprint density at radius 3 is 2.56 bits per heavy atom. The number of carbonyl (C=O) groups is 2. The molecule has 2 amide bonds. The van der Waals surface area contributed by atoms with E-state index in [0.717, 1.165) is 19.3 Å². The Hall–Kier alpha value is -0.810. The van der Waals surface area contributed by atoms with Crippen molar-refractivity contribution in [3.8, 4) is 0 Å². The van der Waals surface area contributed by atoms with E-state index in [-0.39, 0.29) is 36.2 Å². The minimum absolute atomic E-state index is 0. The number of rotatable bonds is 5. The first-order valence-corrected chi connectivity index (χ1v) is 6.37. The molecule has 1 fully saturated rings. The molecule has 1 rings (SSSR count). The molecule has 0 heterocycles. The van der Waals surface area contributed by atoms with Crippen LogP contribution in [0.1, 0.15) is 39.5 Å². The molecule has 0 spiro atoms. The fraction of sp³-hybridized carbons (Fsp3) is 0.833. The molecule has 0 aliphatic heterocycles. The van der Waals surface area contributed by atoms with E-state index in [4.69, 9.17) is 5.73 Å². The molecule has 0 radical (unpaired) electrons. The minimum atomic E-state index is -0.472. The maximum Gasteiger partial charge on any atom is 0.242 e. The van der Waals surface area contributed by atoms with E-state index in [1.54, 1.807) is 6.92 Å². The Labute approximate surface area is 115 Å². The normalized spacial score (nSPS) is 23.9. The van der Waals surface area contributed by atoms with Gasteiger partial charge in [-0.2, -0.15) is 0 Å². The maximum atomic E-state index is 11.7. The number of amides is 2. The van der Waals surface area contributed by atoms with Gasteiger partial charge in [0, 0.05) is 19.0 Å². The predicted molar refractivity (Wildman–Crippen MR) is 73.5 cm³/mol. The molecule has 5 nitrogen and oxygen atoms in total. The van der Waals surface area contributed by atoms with Gasteiger partial charge in [0.25, 0.3) is 0 Å². The number of halogens is 1. The van der Waals surface area contributed by atoms with Crippen molar-refractivity contribution in [2.75, 3.05) is 6.54 Å². The Morgan fingerprint density at radius 1 is 1.39 bits per heavy atom. The van der Waals surface area contributed by atoms with Gasteiger partial charge in [-0.1, -0.05) is 6.42 Å². The molecule has 18 heavy (non-hydrogen) atoms. The van der Waals surface area contributed by atoms with Crippen LogP contribution in [0.2, 0.25) is 0 Å². The van der Waals surface area contributed by atoms with E-state index in [2.05, 4.69) is 10.6 Å². The molecule has 0 aromatic rings. The van der Waals surface area contributed by atoms with Crippen molar-refractivity contribution in [2.45, 2.75) is 51.6 Å². The SMILES string of the molecule is CCNC(=O)C(C)NC(=O)C[C@@H]1CCC[C@H]1N.Cl. The molecule has 0 aromatic carbocycles. The van der Waals surface area contributed by atoms with Gasteiger partial charge < -0.3 is 16.4 Å². The highest BCUT2D eigenvalue weighted by Crippen LogP contribution is 2.26. The third kappa shape index (κ3) is 5.23. The summed E-state index contributed by atoms with van der Waals surface area (Å²) in [6.07, 6.45) is 3.56. The van der Waals surface area contributed by atoms with E-state index in [9.17, 15) is 9.59 Å². The largest absolute Gasteiger partial charge is 0.355 e. The van der Waals surface area contributed by atoms with Gasteiger partial charge in [0.1, 0.15) is 6.04 Å². The fourth-order valence-electron chi connectivity index (χ4n) is 2.25. The van der Waals surface area contributed by atoms with Crippen molar-refractivity contribution in [3.05, 3.63) is 0 Å². The van der Waals surface area contributed by atoms with Crippen LogP contribution in [0.5, 0.6) is 0 Å². The van der Waals surface area contributed by atoms with Gasteiger partial charge in [0.2, 0.25) is 11.8 Å². The number of nitrogens with one attached hydrogen (secondary N) is 2. The summed E-state index contributed by atoms with van der Waals surface area (Å²) in [4.78, 5) is 23.1. The summed E-state index contributed by atoms with van der Waals surface area (Å²) in [6, 6.07) is -0.333. The first kappa shape index (κ1) is 17.2. The molecule has 3 atom stereocenters. The molecule has 1 unspecified atom stereocenters. The second-order valence-corrected chi connectivity index (χ2v) is 4.74. The zero-order chi connectivity index (χ0) is 12.8. The summed E-state index contributed by atoms with van der Waals surface area (Å²) in [6.45, 7) is 4.12. The van der Waals surface area contributed by atoms with Crippen LogP contribution in [0.25, 0.3) is 0 Å². The van der Waals surface area contributed by atoms with Gasteiger partial charge in [-0.3, -0.25) is 9.59 Å². The zero-order valence-corrected chi connectivity index (χ0v) is 11.9. The van der Waals surface area contributed by atoms with E-state index in [1.165, 1.54) is 0 Å². The quantitative estimate of drug-likeness (QED) is 0.687. The second kappa shape index (κ2) is 8.32. The van der Waals surface area contributed by atoms with Crippen LogP contribution in [0.4, 0.5) is 0 Å². The minimum Gasteiger partial charge on any atom is -0.355 e. The third-order valence-electron chi connectivity index (χ3n) is 3.29. The summed E-state index contributed by atoms with van der Waals surface area (Å²) in [5.41, 5.74) is 5.91. The van der Waals surface area contributed by atoms with Crippen LogP contribution in [-0.4, -0.2) is 30.4 Å². The number of nitrogens with two attached hydrogens (primary N) is 1. The van der Waals surface area contributed by atoms with Gasteiger partial charge in [-0.15, -0.1) is 12.4 Å². The molecule has 0 aromatic heterocycles. The lowest BCUT2D eigenvalue weighted by atomic mass is 10.00. The molecule has 6 heteroatoms. The first-order chi connectivity index (χ1) is 8.04. The Kier molecular flexibility index (Phi) is 7.95. The summed E-state index contributed by atoms with van der Waals surface area (Å²) in [5.74, 6) is 0.0547. The topological polar surface area (TPSA) is 84.2 Å². The monoisotopic (exact) mass is 277 g/mol. The molecule has 1 aliphatic rings. The molecule has 0 bridgehead atoms. The van der Waals surface area contributed by atoms with Crippen molar-refractivity contribution in [3.63, 3.8) is 0 Å². The van der Waals surface area contributed by atoms with Gasteiger partial charge >= 0.3 is 0 Å². The number of hydrogen-bond acceptors (Lipinski definition) is 3. The highest BCUT2D eigenvalue weighted by atomic mass is 35.5. The lowest BCUT2D eigenvalue weighted by Gasteiger charge is -2.17. The van der Waals surface area contributed by atoms with Gasteiger partial charge in [0.15, 0.2) is 0 Å². The van der Waals surface area contributed by atoms with Crippen molar-refractivity contribution < 1.29 is 9.59 Å². The van der Waals surface area contributed by atoms with Crippen molar-refractivity contribution in [1.82, 2.24) is 10.6 Å². The average Bonchev–Trinajstić information content (AvgIpc) is 2.64. The molecule has 1 aliphatic carbocycles. The highest BCUT2D eigenvalue weighted by molar-refractivity contribution is 5.87. The first-order valence-electron chi connectivity index (χ1n) is 6.37. The molecule has 4 N–H and O–H groups in total. The lowest BCUT2D eigenvalue weighted by molar-refractivity contribution is -0.129.